The zero-order chi connectivity index (χ0) is 23.5. The summed E-state index contributed by atoms with van der Waals surface area (Å²) in [5, 5.41) is 0. The number of hydrogen-bond acceptors (Lipinski definition) is 7. The van der Waals surface area contributed by atoms with Gasteiger partial charge in [0.05, 0.1) is 13.3 Å². The lowest BCUT2D eigenvalue weighted by molar-refractivity contribution is -0.131. The number of amides is 2. The Kier molecular flexibility index (Phi) is 9.44. The minimum absolute atomic E-state index is 0.0612. The van der Waals surface area contributed by atoms with Crippen molar-refractivity contribution in [2.75, 3.05) is 64.5 Å². The molecular formula is C24H33N5O4. The van der Waals surface area contributed by atoms with Crippen LogP contribution in [0.15, 0.2) is 42.9 Å². The summed E-state index contributed by atoms with van der Waals surface area (Å²) in [5.41, 5.74) is 1.41. The second-order valence-electron chi connectivity index (χ2n) is 7.75. The predicted octanol–water partition coefficient (Wildman–Crippen LogP) is 2.09. The number of carbonyl (C=O) groups is 2. The summed E-state index contributed by atoms with van der Waals surface area (Å²) < 4.78 is 10.6. The Hall–Kier alpha value is -3.20. The van der Waals surface area contributed by atoms with E-state index in [9.17, 15) is 9.59 Å². The van der Waals surface area contributed by atoms with Crippen molar-refractivity contribution in [2.45, 2.75) is 19.8 Å². The number of methoxy groups -OCH3 is 1. The van der Waals surface area contributed by atoms with Gasteiger partial charge in [-0.25, -0.2) is 4.98 Å². The average Bonchev–Trinajstić information content (AvgIpc) is 2.88. The Labute approximate surface area is 195 Å². The fourth-order valence-electron chi connectivity index (χ4n) is 3.78. The lowest BCUT2D eigenvalue weighted by Gasteiger charge is -2.36. The van der Waals surface area contributed by atoms with Crippen LogP contribution >= 0.6 is 0 Å². The van der Waals surface area contributed by atoms with Gasteiger partial charge in [0.15, 0.2) is 0 Å². The van der Waals surface area contributed by atoms with Crippen molar-refractivity contribution in [3.63, 3.8) is 0 Å². The molecule has 0 bridgehead atoms. The fourth-order valence-corrected chi connectivity index (χ4v) is 3.78. The van der Waals surface area contributed by atoms with Crippen LogP contribution in [0.4, 0.5) is 5.69 Å². The van der Waals surface area contributed by atoms with Gasteiger partial charge in [-0.2, -0.15) is 0 Å². The third kappa shape index (κ3) is 7.15. The molecule has 0 N–H and O–H groups in total. The Morgan fingerprint density at radius 2 is 1.82 bits per heavy atom. The summed E-state index contributed by atoms with van der Waals surface area (Å²) in [6, 6.07) is 7.96. The topological polar surface area (TPSA) is 88.1 Å². The molecule has 0 spiro atoms. The van der Waals surface area contributed by atoms with Crippen LogP contribution in [-0.4, -0.2) is 91.2 Å². The van der Waals surface area contributed by atoms with Gasteiger partial charge in [-0.05, 0) is 37.6 Å². The first-order chi connectivity index (χ1) is 16.1. The third-order valence-electron chi connectivity index (χ3n) is 5.66. The number of anilines is 1. The summed E-state index contributed by atoms with van der Waals surface area (Å²) in [6.07, 6.45) is 5.47. The molecule has 2 amide bonds. The molecule has 9 nitrogen and oxygen atoms in total. The van der Waals surface area contributed by atoms with Crippen molar-refractivity contribution in [3.8, 4) is 5.75 Å². The third-order valence-corrected chi connectivity index (χ3v) is 5.66. The molecule has 0 saturated carbocycles. The molecule has 9 heteroatoms. The van der Waals surface area contributed by atoms with Gasteiger partial charge < -0.3 is 24.2 Å². The average molecular weight is 456 g/mol. The van der Waals surface area contributed by atoms with Gasteiger partial charge >= 0.3 is 0 Å². The predicted molar refractivity (Wildman–Crippen MR) is 125 cm³/mol. The Bertz CT molecular complexity index is 870. The van der Waals surface area contributed by atoms with Crippen LogP contribution in [0.25, 0.3) is 0 Å². The molecule has 33 heavy (non-hydrogen) atoms. The highest BCUT2D eigenvalue weighted by Crippen LogP contribution is 2.20. The van der Waals surface area contributed by atoms with E-state index >= 15 is 0 Å². The van der Waals surface area contributed by atoms with Gasteiger partial charge in [0.1, 0.15) is 11.4 Å². The molecule has 1 aromatic carbocycles. The first kappa shape index (κ1) is 24.4. The highest BCUT2D eigenvalue weighted by atomic mass is 16.5. The minimum atomic E-state index is -0.211. The van der Waals surface area contributed by atoms with Crippen LogP contribution in [0.2, 0.25) is 0 Å². The van der Waals surface area contributed by atoms with Crippen LogP contribution in [0.3, 0.4) is 0 Å². The van der Waals surface area contributed by atoms with Crippen LogP contribution in [0.1, 0.15) is 30.3 Å². The number of rotatable bonds is 11. The number of carbonyl (C=O) groups excluding carboxylic acids is 2. The lowest BCUT2D eigenvalue weighted by atomic mass is 10.2. The maximum Gasteiger partial charge on any atom is 0.274 e. The number of ether oxygens (including phenoxy) is 2. The number of hydrogen-bond donors (Lipinski definition) is 0. The first-order valence-electron chi connectivity index (χ1n) is 11.4. The smallest absolute Gasteiger partial charge is 0.274 e. The van der Waals surface area contributed by atoms with E-state index in [-0.39, 0.29) is 23.9 Å². The Balaban J connectivity index is 1.51. The zero-order valence-electron chi connectivity index (χ0n) is 19.5. The van der Waals surface area contributed by atoms with E-state index in [0.717, 1.165) is 24.5 Å². The lowest BCUT2D eigenvalue weighted by Crippen LogP contribution is -2.49. The Morgan fingerprint density at radius 3 is 2.45 bits per heavy atom. The number of aromatic nitrogens is 2. The van der Waals surface area contributed by atoms with Crippen molar-refractivity contribution in [3.05, 3.63) is 48.5 Å². The maximum atomic E-state index is 12.9. The van der Waals surface area contributed by atoms with Crippen molar-refractivity contribution in [2.24, 2.45) is 0 Å². The minimum Gasteiger partial charge on any atom is -0.497 e. The van der Waals surface area contributed by atoms with E-state index in [1.165, 1.54) is 18.6 Å². The van der Waals surface area contributed by atoms with Gasteiger partial charge in [0.25, 0.3) is 5.91 Å². The molecule has 1 fully saturated rings. The summed E-state index contributed by atoms with van der Waals surface area (Å²) in [5.74, 6) is 0.678. The second-order valence-corrected chi connectivity index (χ2v) is 7.75. The number of benzene rings is 1. The molecule has 0 unspecified atom stereocenters. The van der Waals surface area contributed by atoms with E-state index in [0.29, 0.717) is 45.8 Å². The molecule has 1 aromatic heterocycles. The number of nitrogens with zero attached hydrogens (tertiary/aromatic N) is 5. The van der Waals surface area contributed by atoms with Crippen LogP contribution < -0.4 is 9.64 Å². The monoisotopic (exact) mass is 455 g/mol. The van der Waals surface area contributed by atoms with E-state index in [1.54, 1.807) is 12.0 Å². The Morgan fingerprint density at radius 1 is 1.06 bits per heavy atom. The molecule has 0 atom stereocenters. The normalized spacial score (nSPS) is 13.6. The standard InChI is InChI=1S/C24H33N5O4/c1-3-33-18-4-12-29(24(31)22-19-25-10-11-26-22)13-9-23(30)28-16-14-27(15-17-28)20-5-7-21(32-2)8-6-20/h5-8,10-11,19H,3-4,9,12-18H2,1-2H3. The molecule has 2 aromatic rings. The van der Waals surface area contributed by atoms with Gasteiger partial charge in [0, 0.05) is 77.0 Å². The molecule has 0 radical (unpaired) electrons. The maximum absolute atomic E-state index is 12.9. The zero-order valence-corrected chi connectivity index (χ0v) is 19.5. The van der Waals surface area contributed by atoms with E-state index in [1.807, 2.05) is 36.1 Å². The van der Waals surface area contributed by atoms with E-state index < -0.39 is 0 Å². The summed E-state index contributed by atoms with van der Waals surface area (Å²) >= 11 is 0. The van der Waals surface area contributed by atoms with Crippen molar-refractivity contribution < 1.29 is 19.1 Å². The highest BCUT2D eigenvalue weighted by Gasteiger charge is 2.23. The quantitative estimate of drug-likeness (QED) is 0.480. The largest absolute Gasteiger partial charge is 0.497 e. The number of piperazine rings is 1. The summed E-state index contributed by atoms with van der Waals surface area (Å²) in [6.45, 7) is 6.87. The molecule has 178 valence electrons. The molecule has 1 saturated heterocycles. The summed E-state index contributed by atoms with van der Waals surface area (Å²) in [7, 11) is 1.65. The molecule has 0 aliphatic carbocycles. The molecule has 3 rings (SSSR count). The van der Waals surface area contributed by atoms with Crippen molar-refractivity contribution in [1.29, 1.82) is 0 Å². The fraction of sp³-hybridized carbons (Fsp3) is 0.500. The van der Waals surface area contributed by atoms with Crippen LogP contribution in [0.5, 0.6) is 5.75 Å². The van der Waals surface area contributed by atoms with Gasteiger partial charge in [-0.15, -0.1) is 0 Å². The van der Waals surface area contributed by atoms with E-state index in [2.05, 4.69) is 14.9 Å². The molecule has 1 aliphatic rings. The first-order valence-corrected chi connectivity index (χ1v) is 11.4. The van der Waals surface area contributed by atoms with E-state index in [4.69, 9.17) is 9.47 Å². The molecule has 1 aliphatic heterocycles. The van der Waals surface area contributed by atoms with Crippen molar-refractivity contribution in [1.82, 2.24) is 19.8 Å². The second kappa shape index (κ2) is 12.7. The van der Waals surface area contributed by atoms with Crippen LogP contribution in [-0.2, 0) is 9.53 Å². The van der Waals surface area contributed by atoms with Crippen molar-refractivity contribution >= 4 is 17.5 Å². The molecule has 2 heterocycles. The highest BCUT2D eigenvalue weighted by molar-refractivity contribution is 5.92. The van der Waals surface area contributed by atoms with Gasteiger partial charge in [-0.1, -0.05) is 0 Å². The molecular weight excluding hydrogens is 422 g/mol. The van der Waals surface area contributed by atoms with Crippen LogP contribution in [0, 0.1) is 0 Å². The SMILES string of the molecule is CCOCCCN(CCC(=O)N1CCN(c2ccc(OC)cc2)CC1)C(=O)c1cnccn1. The summed E-state index contributed by atoms with van der Waals surface area (Å²) in [4.78, 5) is 39.7. The van der Waals surface area contributed by atoms with Gasteiger partial charge in [0.2, 0.25) is 5.91 Å². The van der Waals surface area contributed by atoms with Gasteiger partial charge in [-0.3, -0.25) is 14.6 Å².